The Hall–Kier alpha value is -1.64. The third-order valence-corrected chi connectivity index (χ3v) is 2.77. The van der Waals surface area contributed by atoms with Crippen molar-refractivity contribution in [3.8, 4) is 5.69 Å². The maximum Gasteiger partial charge on any atom is 0.377 e. The summed E-state index contributed by atoms with van der Waals surface area (Å²) in [5.74, 6) is -0.571. The van der Waals surface area contributed by atoms with Crippen LogP contribution in [-0.4, -0.2) is 27.8 Å². The molecule has 0 spiro atoms. The maximum atomic E-state index is 11.2. The van der Waals surface area contributed by atoms with Crippen molar-refractivity contribution >= 4 is 34.2 Å². The molecule has 0 amide bonds. The average molecular weight is 344 g/mol. The normalized spacial score (nSPS) is 10.2. The van der Waals surface area contributed by atoms with Crippen LogP contribution in [0.3, 0.4) is 0 Å². The molecule has 0 aliphatic rings. The van der Waals surface area contributed by atoms with Crippen molar-refractivity contribution in [2.45, 2.75) is 0 Å². The highest BCUT2D eigenvalue weighted by atomic mass is 127. The average Bonchev–Trinajstić information content (AvgIpc) is 2.77. The van der Waals surface area contributed by atoms with Crippen LogP contribution < -0.4 is 5.73 Å². The molecule has 0 radical (unpaired) electrons. The lowest BCUT2D eigenvalue weighted by Gasteiger charge is -2.04. The van der Waals surface area contributed by atoms with Crippen LogP contribution in [0.2, 0.25) is 0 Å². The van der Waals surface area contributed by atoms with Crippen LogP contribution in [-0.2, 0) is 4.74 Å². The topological polar surface area (TPSA) is 83.0 Å². The molecular formula is C10H9IN4O2. The Bertz CT molecular complexity index is 567. The van der Waals surface area contributed by atoms with Crippen molar-refractivity contribution in [3.63, 3.8) is 0 Å². The van der Waals surface area contributed by atoms with E-state index in [-0.39, 0.29) is 5.82 Å². The molecule has 17 heavy (non-hydrogen) atoms. The SMILES string of the molecule is COC(=O)c1ncn(-c2ccc(I)cc2N)n1. The van der Waals surface area contributed by atoms with E-state index < -0.39 is 5.97 Å². The Morgan fingerprint density at radius 3 is 2.94 bits per heavy atom. The van der Waals surface area contributed by atoms with E-state index >= 15 is 0 Å². The first-order valence-electron chi connectivity index (χ1n) is 4.67. The molecule has 0 fully saturated rings. The minimum Gasteiger partial charge on any atom is -0.463 e. The third kappa shape index (κ3) is 2.38. The van der Waals surface area contributed by atoms with E-state index in [0.29, 0.717) is 11.4 Å². The molecule has 1 heterocycles. The number of hydrogen-bond donors (Lipinski definition) is 1. The van der Waals surface area contributed by atoms with Gasteiger partial charge in [0.25, 0.3) is 5.82 Å². The lowest BCUT2D eigenvalue weighted by Crippen LogP contribution is -2.06. The monoisotopic (exact) mass is 344 g/mol. The summed E-state index contributed by atoms with van der Waals surface area (Å²) in [6.45, 7) is 0. The van der Waals surface area contributed by atoms with Crippen molar-refractivity contribution in [2.24, 2.45) is 0 Å². The summed E-state index contributed by atoms with van der Waals surface area (Å²) in [6.07, 6.45) is 1.42. The zero-order valence-corrected chi connectivity index (χ0v) is 11.1. The number of methoxy groups -OCH3 is 1. The van der Waals surface area contributed by atoms with Gasteiger partial charge in [0.05, 0.1) is 18.5 Å². The highest BCUT2D eigenvalue weighted by Gasteiger charge is 2.12. The zero-order chi connectivity index (χ0) is 12.4. The molecule has 0 saturated heterocycles. The fourth-order valence-corrected chi connectivity index (χ4v) is 1.81. The maximum absolute atomic E-state index is 11.2. The summed E-state index contributed by atoms with van der Waals surface area (Å²) in [4.78, 5) is 15.1. The van der Waals surface area contributed by atoms with E-state index in [2.05, 4.69) is 37.4 Å². The molecule has 1 aromatic heterocycles. The second-order valence-electron chi connectivity index (χ2n) is 3.21. The number of aromatic nitrogens is 3. The Labute approximate surface area is 111 Å². The predicted octanol–water partition coefficient (Wildman–Crippen LogP) is 1.24. The Morgan fingerprint density at radius 2 is 2.29 bits per heavy atom. The van der Waals surface area contributed by atoms with Crippen molar-refractivity contribution in [3.05, 3.63) is 33.9 Å². The van der Waals surface area contributed by atoms with Gasteiger partial charge in [0.15, 0.2) is 0 Å². The van der Waals surface area contributed by atoms with Crippen LogP contribution in [0.15, 0.2) is 24.5 Å². The van der Waals surface area contributed by atoms with Crippen LogP contribution in [0.25, 0.3) is 5.69 Å². The molecule has 0 bridgehead atoms. The number of hydrogen-bond acceptors (Lipinski definition) is 5. The second-order valence-corrected chi connectivity index (χ2v) is 4.45. The molecule has 2 rings (SSSR count). The molecule has 0 unspecified atom stereocenters. The van der Waals surface area contributed by atoms with Gasteiger partial charge in [-0.2, -0.15) is 0 Å². The first-order chi connectivity index (χ1) is 8.11. The fraction of sp³-hybridized carbons (Fsp3) is 0.100. The fourth-order valence-electron chi connectivity index (χ4n) is 1.30. The number of anilines is 1. The van der Waals surface area contributed by atoms with Crippen molar-refractivity contribution in [2.75, 3.05) is 12.8 Å². The molecule has 88 valence electrons. The van der Waals surface area contributed by atoms with Crippen LogP contribution in [0, 0.1) is 3.57 Å². The third-order valence-electron chi connectivity index (χ3n) is 2.10. The number of esters is 1. The quantitative estimate of drug-likeness (QED) is 0.504. The summed E-state index contributed by atoms with van der Waals surface area (Å²) in [5.41, 5.74) is 7.10. The predicted molar refractivity (Wildman–Crippen MR) is 69.8 cm³/mol. The molecule has 0 atom stereocenters. The Kier molecular flexibility index (Phi) is 3.27. The lowest BCUT2D eigenvalue weighted by molar-refractivity contribution is 0.0587. The molecule has 6 nitrogen and oxygen atoms in total. The summed E-state index contributed by atoms with van der Waals surface area (Å²) >= 11 is 2.16. The molecular weight excluding hydrogens is 335 g/mol. The molecule has 7 heteroatoms. The number of nitrogens with zero attached hydrogens (tertiary/aromatic N) is 3. The molecule has 1 aromatic carbocycles. The van der Waals surface area contributed by atoms with E-state index in [4.69, 9.17) is 5.73 Å². The largest absolute Gasteiger partial charge is 0.463 e. The summed E-state index contributed by atoms with van der Waals surface area (Å²) in [6, 6.07) is 5.52. The van der Waals surface area contributed by atoms with Gasteiger partial charge in [-0.05, 0) is 40.8 Å². The van der Waals surface area contributed by atoms with Gasteiger partial charge in [-0.25, -0.2) is 14.5 Å². The molecule has 0 saturated carbocycles. The second kappa shape index (κ2) is 4.70. The minimum atomic E-state index is -0.576. The van der Waals surface area contributed by atoms with E-state index in [1.54, 1.807) is 0 Å². The summed E-state index contributed by atoms with van der Waals surface area (Å²) in [7, 11) is 1.28. The highest BCUT2D eigenvalue weighted by molar-refractivity contribution is 14.1. The van der Waals surface area contributed by atoms with Gasteiger partial charge in [0, 0.05) is 3.57 Å². The van der Waals surface area contributed by atoms with Gasteiger partial charge in [0.2, 0.25) is 0 Å². The Balaban J connectivity index is 2.40. The molecule has 2 N–H and O–H groups in total. The number of ether oxygens (including phenoxy) is 1. The van der Waals surface area contributed by atoms with E-state index in [1.807, 2.05) is 18.2 Å². The number of rotatable bonds is 2. The van der Waals surface area contributed by atoms with Crippen LogP contribution in [0.1, 0.15) is 10.6 Å². The van der Waals surface area contributed by atoms with E-state index in [0.717, 1.165) is 3.57 Å². The van der Waals surface area contributed by atoms with Crippen molar-refractivity contribution in [1.29, 1.82) is 0 Å². The number of halogens is 1. The number of nitrogens with two attached hydrogens (primary N) is 1. The zero-order valence-electron chi connectivity index (χ0n) is 8.92. The van der Waals surface area contributed by atoms with Gasteiger partial charge in [-0.3, -0.25) is 0 Å². The molecule has 0 aliphatic carbocycles. The standard InChI is InChI=1S/C10H9IN4O2/c1-17-10(16)9-13-5-15(14-9)8-3-2-6(11)4-7(8)12/h2-5H,12H2,1H3. The van der Waals surface area contributed by atoms with Gasteiger partial charge in [0.1, 0.15) is 6.33 Å². The number of benzene rings is 1. The highest BCUT2D eigenvalue weighted by Crippen LogP contribution is 2.19. The van der Waals surface area contributed by atoms with Crippen molar-refractivity contribution < 1.29 is 9.53 Å². The lowest BCUT2D eigenvalue weighted by atomic mass is 10.3. The minimum absolute atomic E-state index is 0.00505. The van der Waals surface area contributed by atoms with E-state index in [9.17, 15) is 4.79 Å². The number of carbonyl (C=O) groups is 1. The first-order valence-corrected chi connectivity index (χ1v) is 5.75. The van der Waals surface area contributed by atoms with Gasteiger partial charge in [-0.15, -0.1) is 5.10 Å². The van der Waals surface area contributed by atoms with Gasteiger partial charge in [-0.1, -0.05) is 0 Å². The molecule has 2 aromatic rings. The van der Waals surface area contributed by atoms with Gasteiger partial charge >= 0.3 is 5.97 Å². The summed E-state index contributed by atoms with van der Waals surface area (Å²) < 4.78 is 6.99. The van der Waals surface area contributed by atoms with Crippen molar-refractivity contribution in [1.82, 2.24) is 14.8 Å². The van der Waals surface area contributed by atoms with Crippen LogP contribution in [0.4, 0.5) is 5.69 Å². The number of carbonyl (C=O) groups excluding carboxylic acids is 1. The van der Waals surface area contributed by atoms with Crippen LogP contribution >= 0.6 is 22.6 Å². The smallest absolute Gasteiger partial charge is 0.377 e. The first kappa shape index (κ1) is 11.8. The summed E-state index contributed by atoms with van der Waals surface area (Å²) in [5, 5.41) is 3.99. The van der Waals surface area contributed by atoms with Crippen LogP contribution in [0.5, 0.6) is 0 Å². The Morgan fingerprint density at radius 1 is 1.53 bits per heavy atom. The molecule has 0 aliphatic heterocycles. The number of nitrogen functional groups attached to an aromatic ring is 1. The van der Waals surface area contributed by atoms with Gasteiger partial charge < -0.3 is 10.5 Å². The van der Waals surface area contributed by atoms with E-state index in [1.165, 1.54) is 18.1 Å².